The maximum atomic E-state index is 13.6. The van der Waals surface area contributed by atoms with E-state index in [9.17, 15) is 19.2 Å². The van der Waals surface area contributed by atoms with E-state index in [1.54, 1.807) is 16.0 Å². The minimum atomic E-state index is -0.701. The Kier molecular flexibility index (Phi) is 11.4. The number of benzene rings is 2. The standard InChI is InChI=1S/C40H50N8O6/c1-22(2)33(45-39(51)53-6)37(49)47-18-8-10-31(47)35-41-21-30(44-35)26-14-12-25(13-15-26)24(5)27-16-17-28-29(20-27)43-36(42-28)32-11-9-19-48(32)38(50)34(23(3)4)46-40(52)54-7/h12-17,20-23,31-34H,5,8-11,18-19H2,1-4,6-7H3,(H,41,44)(H,42,43)(H,45,51)(H,46,52)/t31-,32+,33+,34-/m1/s1. The average molecular weight is 739 g/mol. The number of imidazole rings is 2. The Morgan fingerprint density at radius 1 is 0.778 bits per heavy atom. The number of carbonyl (C=O) groups is 4. The van der Waals surface area contributed by atoms with E-state index >= 15 is 0 Å². The number of carbonyl (C=O) groups excluding carboxylic acids is 4. The normalized spacial score (nSPS) is 18.2. The van der Waals surface area contributed by atoms with Gasteiger partial charge in [0.2, 0.25) is 11.8 Å². The van der Waals surface area contributed by atoms with Gasteiger partial charge in [0.15, 0.2) is 0 Å². The van der Waals surface area contributed by atoms with Gasteiger partial charge in [0.1, 0.15) is 23.7 Å². The fourth-order valence-electron chi connectivity index (χ4n) is 7.43. The summed E-state index contributed by atoms with van der Waals surface area (Å²) in [6.45, 7) is 13.1. The minimum absolute atomic E-state index is 0.112. The Morgan fingerprint density at radius 3 is 1.85 bits per heavy atom. The van der Waals surface area contributed by atoms with Crippen molar-refractivity contribution in [2.75, 3.05) is 27.3 Å². The number of hydrogen-bond donors (Lipinski definition) is 4. The zero-order chi connectivity index (χ0) is 38.7. The molecule has 2 fully saturated rings. The number of likely N-dealkylation sites (tertiary alicyclic amines) is 2. The quantitative estimate of drug-likeness (QED) is 0.143. The van der Waals surface area contributed by atoms with E-state index in [2.05, 4.69) is 32.2 Å². The molecule has 4 aromatic rings. The van der Waals surface area contributed by atoms with Gasteiger partial charge in [0.05, 0.1) is 49.2 Å². The SMILES string of the molecule is C=C(c1ccc(-c2cnc([C@H]3CCCN3C(=O)[C@@H](NC(=O)OC)C(C)C)[nH]2)cc1)c1ccc2nc([C@@H]3CCCN3C(=O)[C@H](NC(=O)OC)C(C)C)[nH]c2c1. The van der Waals surface area contributed by atoms with Gasteiger partial charge in [-0.3, -0.25) is 9.59 Å². The molecule has 4 N–H and O–H groups in total. The number of nitrogens with zero attached hydrogens (tertiary/aromatic N) is 4. The molecule has 2 aromatic carbocycles. The van der Waals surface area contributed by atoms with Gasteiger partial charge in [0.25, 0.3) is 0 Å². The van der Waals surface area contributed by atoms with Gasteiger partial charge in [-0.25, -0.2) is 19.6 Å². The molecule has 4 heterocycles. The second kappa shape index (κ2) is 16.1. The molecule has 2 saturated heterocycles. The molecule has 6 rings (SSSR count). The molecule has 4 amide bonds. The summed E-state index contributed by atoms with van der Waals surface area (Å²) in [5, 5.41) is 5.38. The van der Waals surface area contributed by atoms with Crippen molar-refractivity contribution in [3.05, 3.63) is 78.0 Å². The third-order valence-corrected chi connectivity index (χ3v) is 10.5. The lowest BCUT2D eigenvalue weighted by atomic mass is 9.98. The molecular weight excluding hydrogens is 688 g/mol. The second-order valence-electron chi connectivity index (χ2n) is 14.7. The van der Waals surface area contributed by atoms with Crippen molar-refractivity contribution in [1.29, 1.82) is 0 Å². The molecule has 54 heavy (non-hydrogen) atoms. The van der Waals surface area contributed by atoms with Crippen LogP contribution < -0.4 is 10.6 Å². The third-order valence-electron chi connectivity index (χ3n) is 10.5. The van der Waals surface area contributed by atoms with Crippen molar-refractivity contribution in [2.45, 2.75) is 77.5 Å². The molecule has 0 bridgehead atoms. The lowest BCUT2D eigenvalue weighted by molar-refractivity contribution is -0.136. The lowest BCUT2D eigenvalue weighted by Crippen LogP contribution is -2.51. The van der Waals surface area contributed by atoms with Gasteiger partial charge in [-0.2, -0.15) is 0 Å². The number of aromatic nitrogens is 4. The summed E-state index contributed by atoms with van der Waals surface area (Å²) in [6, 6.07) is 12.2. The van der Waals surface area contributed by atoms with Crippen LogP contribution in [-0.2, 0) is 19.1 Å². The first kappa shape index (κ1) is 38.1. The van der Waals surface area contributed by atoms with Crippen LogP contribution in [0.3, 0.4) is 0 Å². The first-order valence-electron chi connectivity index (χ1n) is 18.5. The van der Waals surface area contributed by atoms with Crippen LogP contribution >= 0.6 is 0 Å². The third kappa shape index (κ3) is 7.82. The molecule has 2 aromatic heterocycles. The summed E-state index contributed by atoms with van der Waals surface area (Å²) in [7, 11) is 2.57. The molecule has 4 atom stereocenters. The monoisotopic (exact) mass is 738 g/mol. The van der Waals surface area contributed by atoms with Crippen LogP contribution in [0.25, 0.3) is 27.9 Å². The number of rotatable bonds is 11. The maximum Gasteiger partial charge on any atom is 0.407 e. The molecule has 2 aliphatic heterocycles. The van der Waals surface area contributed by atoms with Gasteiger partial charge >= 0.3 is 12.2 Å². The number of nitrogens with one attached hydrogen (secondary N) is 4. The predicted octanol–water partition coefficient (Wildman–Crippen LogP) is 6.10. The summed E-state index contributed by atoms with van der Waals surface area (Å²) < 4.78 is 9.51. The summed E-state index contributed by atoms with van der Waals surface area (Å²) in [6.07, 6.45) is 3.74. The van der Waals surface area contributed by atoms with Crippen molar-refractivity contribution < 1.29 is 28.7 Å². The van der Waals surface area contributed by atoms with Crippen LogP contribution in [0.15, 0.2) is 55.2 Å². The van der Waals surface area contributed by atoms with E-state index in [1.807, 2.05) is 70.2 Å². The summed E-state index contributed by atoms with van der Waals surface area (Å²) in [5.74, 6) is 0.894. The zero-order valence-electron chi connectivity index (χ0n) is 31.8. The highest BCUT2D eigenvalue weighted by Crippen LogP contribution is 2.35. The molecule has 0 radical (unpaired) electrons. The van der Waals surface area contributed by atoms with E-state index in [4.69, 9.17) is 14.5 Å². The highest BCUT2D eigenvalue weighted by molar-refractivity contribution is 5.88. The second-order valence-corrected chi connectivity index (χ2v) is 14.7. The van der Waals surface area contributed by atoms with Gasteiger partial charge in [-0.05, 0) is 71.9 Å². The number of fused-ring (bicyclic) bond motifs is 1. The fraction of sp³-hybridized carbons (Fsp3) is 0.450. The first-order valence-corrected chi connectivity index (χ1v) is 18.5. The molecule has 0 spiro atoms. The van der Waals surface area contributed by atoms with Crippen molar-refractivity contribution in [3.63, 3.8) is 0 Å². The summed E-state index contributed by atoms with van der Waals surface area (Å²) in [5.41, 5.74) is 6.15. The molecule has 0 aliphatic carbocycles. The Morgan fingerprint density at radius 2 is 1.31 bits per heavy atom. The number of hydrogen-bond acceptors (Lipinski definition) is 8. The Hall–Kier alpha value is -5.66. The van der Waals surface area contributed by atoms with Gasteiger partial charge in [-0.15, -0.1) is 0 Å². The molecular formula is C40H50N8O6. The zero-order valence-corrected chi connectivity index (χ0v) is 31.8. The number of methoxy groups -OCH3 is 2. The number of H-pyrrole nitrogens is 2. The van der Waals surface area contributed by atoms with Crippen molar-refractivity contribution in [1.82, 2.24) is 40.4 Å². The number of amides is 4. The van der Waals surface area contributed by atoms with Crippen LogP contribution in [-0.4, -0.2) is 93.1 Å². The summed E-state index contributed by atoms with van der Waals surface area (Å²) in [4.78, 5) is 71.1. The largest absolute Gasteiger partial charge is 0.453 e. The number of alkyl carbamates (subject to hydrolysis) is 2. The maximum absolute atomic E-state index is 13.6. The molecule has 2 aliphatic rings. The van der Waals surface area contributed by atoms with Crippen LogP contribution in [0.5, 0.6) is 0 Å². The Bertz CT molecular complexity index is 2020. The van der Waals surface area contributed by atoms with E-state index in [-0.39, 0.29) is 35.7 Å². The van der Waals surface area contributed by atoms with Crippen LogP contribution in [0, 0.1) is 11.8 Å². The van der Waals surface area contributed by atoms with E-state index in [0.717, 1.165) is 64.7 Å². The smallest absolute Gasteiger partial charge is 0.407 e. The molecule has 14 heteroatoms. The molecule has 0 saturated carbocycles. The van der Waals surface area contributed by atoms with Crippen molar-refractivity contribution in [3.8, 4) is 11.3 Å². The highest BCUT2D eigenvalue weighted by Gasteiger charge is 2.39. The van der Waals surface area contributed by atoms with Crippen LogP contribution in [0.4, 0.5) is 9.59 Å². The van der Waals surface area contributed by atoms with Gasteiger partial charge < -0.3 is 39.9 Å². The summed E-state index contributed by atoms with van der Waals surface area (Å²) >= 11 is 0. The molecule has 0 unspecified atom stereocenters. The Balaban J connectivity index is 1.14. The highest BCUT2D eigenvalue weighted by atomic mass is 16.5. The van der Waals surface area contributed by atoms with E-state index in [0.29, 0.717) is 24.7 Å². The van der Waals surface area contributed by atoms with Gasteiger partial charge in [-0.1, -0.05) is 64.6 Å². The topological polar surface area (TPSA) is 175 Å². The van der Waals surface area contributed by atoms with E-state index < -0.39 is 24.3 Å². The first-order chi connectivity index (χ1) is 25.9. The van der Waals surface area contributed by atoms with Crippen LogP contribution in [0.1, 0.15) is 88.2 Å². The average Bonchev–Trinajstić information content (AvgIpc) is 4.00. The van der Waals surface area contributed by atoms with Crippen molar-refractivity contribution in [2.24, 2.45) is 11.8 Å². The molecule has 14 nitrogen and oxygen atoms in total. The van der Waals surface area contributed by atoms with Gasteiger partial charge in [0, 0.05) is 13.1 Å². The molecule has 286 valence electrons. The Labute approximate surface area is 315 Å². The number of aromatic amines is 2. The lowest BCUT2D eigenvalue weighted by Gasteiger charge is -2.30. The van der Waals surface area contributed by atoms with Crippen molar-refractivity contribution >= 4 is 40.6 Å². The van der Waals surface area contributed by atoms with Crippen LogP contribution in [0.2, 0.25) is 0 Å². The fourth-order valence-corrected chi connectivity index (χ4v) is 7.43. The predicted molar refractivity (Wildman–Crippen MR) is 204 cm³/mol. The number of ether oxygens (including phenoxy) is 2. The van der Waals surface area contributed by atoms with E-state index in [1.165, 1.54) is 14.2 Å². The minimum Gasteiger partial charge on any atom is -0.453 e.